The van der Waals surface area contributed by atoms with Crippen LogP contribution in [0.1, 0.15) is 12.6 Å². The lowest BCUT2D eigenvalue weighted by Gasteiger charge is -2.13. The average molecular weight is 192 g/mol. The van der Waals surface area contributed by atoms with Gasteiger partial charge in [0.25, 0.3) is 0 Å². The molecule has 0 aliphatic rings. The third kappa shape index (κ3) is 4.14. The molecule has 0 spiro atoms. The Morgan fingerprint density at radius 1 is 1.50 bits per heavy atom. The molecular formula is C11H16N2O. The van der Waals surface area contributed by atoms with Crippen LogP contribution in [0.15, 0.2) is 24.4 Å². The van der Waals surface area contributed by atoms with Crippen LogP contribution < -0.4 is 0 Å². The largest absolute Gasteiger partial charge is 0.299 e. The molecule has 0 aromatic carbocycles. The second-order valence-corrected chi connectivity index (χ2v) is 3.51. The van der Waals surface area contributed by atoms with Crippen LogP contribution in [0.4, 0.5) is 0 Å². The highest BCUT2D eigenvalue weighted by Gasteiger charge is 2.01. The maximum absolute atomic E-state index is 10.8. The van der Waals surface area contributed by atoms with Gasteiger partial charge in [0.1, 0.15) is 5.78 Å². The first-order chi connectivity index (χ1) is 6.68. The van der Waals surface area contributed by atoms with Crippen molar-refractivity contribution in [3.8, 4) is 0 Å². The molecule has 1 aromatic heterocycles. The van der Waals surface area contributed by atoms with Crippen LogP contribution in [-0.4, -0.2) is 35.8 Å². The fourth-order valence-corrected chi connectivity index (χ4v) is 1.31. The van der Waals surface area contributed by atoms with Gasteiger partial charge in [-0.2, -0.15) is 0 Å². The topological polar surface area (TPSA) is 33.2 Å². The Kier molecular flexibility index (Phi) is 4.26. The summed E-state index contributed by atoms with van der Waals surface area (Å²) in [6.07, 6.45) is 2.69. The van der Waals surface area contributed by atoms with Gasteiger partial charge in [-0.3, -0.25) is 14.7 Å². The zero-order valence-electron chi connectivity index (χ0n) is 8.73. The number of aromatic nitrogens is 1. The Hall–Kier alpha value is -1.22. The third-order valence-corrected chi connectivity index (χ3v) is 1.97. The van der Waals surface area contributed by atoms with Gasteiger partial charge >= 0.3 is 0 Å². The van der Waals surface area contributed by atoms with Gasteiger partial charge in [-0.15, -0.1) is 0 Å². The fourth-order valence-electron chi connectivity index (χ4n) is 1.31. The lowest BCUT2D eigenvalue weighted by atomic mass is 10.2. The Morgan fingerprint density at radius 2 is 2.29 bits per heavy atom. The van der Waals surface area contributed by atoms with Gasteiger partial charge in [0.05, 0.1) is 6.54 Å². The number of pyridine rings is 1. The number of ketones is 1. The van der Waals surface area contributed by atoms with Crippen molar-refractivity contribution in [1.82, 2.24) is 9.88 Å². The molecule has 0 fully saturated rings. The summed E-state index contributed by atoms with van der Waals surface area (Å²) >= 11 is 0. The van der Waals surface area contributed by atoms with E-state index in [0.29, 0.717) is 6.54 Å². The van der Waals surface area contributed by atoms with Gasteiger partial charge in [-0.25, -0.2) is 0 Å². The van der Waals surface area contributed by atoms with E-state index in [4.69, 9.17) is 0 Å². The number of hydrogen-bond donors (Lipinski definition) is 0. The summed E-state index contributed by atoms with van der Waals surface area (Å²) in [6.45, 7) is 3.00. The summed E-state index contributed by atoms with van der Waals surface area (Å²) in [7, 11) is 1.95. The minimum Gasteiger partial charge on any atom is -0.299 e. The van der Waals surface area contributed by atoms with Gasteiger partial charge < -0.3 is 0 Å². The van der Waals surface area contributed by atoms with Crippen LogP contribution in [0, 0.1) is 0 Å². The molecule has 0 bridgehead atoms. The molecule has 0 unspecified atom stereocenters. The summed E-state index contributed by atoms with van der Waals surface area (Å²) in [4.78, 5) is 17.0. The molecule has 3 nitrogen and oxygen atoms in total. The molecule has 0 aliphatic heterocycles. The molecule has 3 heteroatoms. The first-order valence-corrected chi connectivity index (χ1v) is 4.76. The molecule has 0 aliphatic carbocycles. The lowest BCUT2D eigenvalue weighted by Crippen LogP contribution is -2.26. The standard InChI is InChI=1S/C11H16N2O/c1-10(14)9-13(2)8-6-11-5-3-4-7-12-11/h3-5,7H,6,8-9H2,1-2H3. The Bertz CT molecular complexity index is 285. The zero-order valence-corrected chi connectivity index (χ0v) is 8.73. The third-order valence-electron chi connectivity index (χ3n) is 1.97. The van der Waals surface area contributed by atoms with Crippen molar-refractivity contribution in [2.45, 2.75) is 13.3 Å². The first kappa shape index (κ1) is 10.9. The van der Waals surface area contributed by atoms with Crippen LogP contribution in [0.5, 0.6) is 0 Å². The van der Waals surface area contributed by atoms with E-state index in [1.165, 1.54) is 0 Å². The van der Waals surface area contributed by atoms with E-state index in [2.05, 4.69) is 4.98 Å². The monoisotopic (exact) mass is 192 g/mol. The molecule has 14 heavy (non-hydrogen) atoms. The van der Waals surface area contributed by atoms with E-state index in [1.54, 1.807) is 13.1 Å². The van der Waals surface area contributed by atoms with E-state index >= 15 is 0 Å². The SMILES string of the molecule is CC(=O)CN(C)CCc1ccccn1. The molecule has 1 aromatic rings. The molecule has 0 amide bonds. The number of hydrogen-bond acceptors (Lipinski definition) is 3. The number of Topliss-reactive ketones (excluding diaryl/α,β-unsaturated/α-hetero) is 1. The normalized spacial score (nSPS) is 10.5. The minimum atomic E-state index is 0.202. The van der Waals surface area contributed by atoms with Gasteiger partial charge in [0, 0.05) is 24.9 Å². The molecule has 1 heterocycles. The fraction of sp³-hybridized carbons (Fsp3) is 0.455. The number of rotatable bonds is 5. The van der Waals surface area contributed by atoms with Crippen molar-refractivity contribution >= 4 is 5.78 Å². The maximum Gasteiger partial charge on any atom is 0.143 e. The van der Waals surface area contributed by atoms with Gasteiger partial charge in [0.15, 0.2) is 0 Å². The van der Waals surface area contributed by atoms with Crippen LogP contribution in [0.25, 0.3) is 0 Å². The van der Waals surface area contributed by atoms with E-state index < -0.39 is 0 Å². The van der Waals surface area contributed by atoms with Crippen molar-refractivity contribution in [2.24, 2.45) is 0 Å². The Morgan fingerprint density at radius 3 is 2.86 bits per heavy atom. The van der Waals surface area contributed by atoms with Gasteiger partial charge in [0.2, 0.25) is 0 Å². The lowest BCUT2D eigenvalue weighted by molar-refractivity contribution is -0.117. The van der Waals surface area contributed by atoms with Crippen LogP contribution >= 0.6 is 0 Å². The molecule has 0 radical (unpaired) electrons. The number of carbonyl (C=O) groups is 1. The van der Waals surface area contributed by atoms with Crippen LogP contribution in [0.2, 0.25) is 0 Å². The number of carbonyl (C=O) groups excluding carboxylic acids is 1. The molecule has 0 saturated carbocycles. The second-order valence-electron chi connectivity index (χ2n) is 3.51. The number of nitrogens with zero attached hydrogens (tertiary/aromatic N) is 2. The van der Waals surface area contributed by atoms with E-state index in [1.807, 2.05) is 30.1 Å². The smallest absolute Gasteiger partial charge is 0.143 e. The van der Waals surface area contributed by atoms with Crippen molar-refractivity contribution in [2.75, 3.05) is 20.1 Å². The molecule has 76 valence electrons. The van der Waals surface area contributed by atoms with E-state index in [9.17, 15) is 4.79 Å². The van der Waals surface area contributed by atoms with Crippen LogP contribution in [0.3, 0.4) is 0 Å². The van der Waals surface area contributed by atoms with Crippen molar-refractivity contribution in [3.05, 3.63) is 30.1 Å². The van der Waals surface area contributed by atoms with Crippen molar-refractivity contribution in [3.63, 3.8) is 0 Å². The molecule has 1 rings (SSSR count). The van der Waals surface area contributed by atoms with Gasteiger partial charge in [-0.1, -0.05) is 6.07 Å². The molecule has 0 atom stereocenters. The van der Waals surface area contributed by atoms with E-state index in [-0.39, 0.29) is 5.78 Å². The molecular weight excluding hydrogens is 176 g/mol. The predicted molar refractivity (Wildman–Crippen MR) is 56.1 cm³/mol. The predicted octanol–water partition coefficient (Wildman–Crippen LogP) is 1.14. The quantitative estimate of drug-likeness (QED) is 0.701. The minimum absolute atomic E-state index is 0.202. The van der Waals surface area contributed by atoms with Crippen LogP contribution in [-0.2, 0) is 11.2 Å². The summed E-state index contributed by atoms with van der Waals surface area (Å²) in [5.74, 6) is 0.202. The molecule has 0 saturated heterocycles. The summed E-state index contributed by atoms with van der Waals surface area (Å²) in [6, 6.07) is 5.89. The summed E-state index contributed by atoms with van der Waals surface area (Å²) in [5.41, 5.74) is 1.07. The first-order valence-electron chi connectivity index (χ1n) is 4.76. The average Bonchev–Trinajstić information content (AvgIpc) is 2.15. The highest BCUT2D eigenvalue weighted by molar-refractivity contribution is 5.77. The van der Waals surface area contributed by atoms with Gasteiger partial charge in [-0.05, 0) is 26.1 Å². The second kappa shape index (κ2) is 5.50. The summed E-state index contributed by atoms with van der Waals surface area (Å²) < 4.78 is 0. The number of likely N-dealkylation sites (N-methyl/N-ethyl adjacent to an activating group) is 1. The zero-order chi connectivity index (χ0) is 10.4. The Labute approximate surface area is 84.8 Å². The molecule has 0 N–H and O–H groups in total. The highest BCUT2D eigenvalue weighted by Crippen LogP contribution is 1.96. The Balaban J connectivity index is 2.30. The summed E-state index contributed by atoms with van der Waals surface area (Å²) in [5, 5.41) is 0. The maximum atomic E-state index is 10.8. The van der Waals surface area contributed by atoms with Crippen molar-refractivity contribution < 1.29 is 4.79 Å². The van der Waals surface area contributed by atoms with E-state index in [0.717, 1.165) is 18.7 Å². The highest BCUT2D eigenvalue weighted by atomic mass is 16.1. The van der Waals surface area contributed by atoms with Crippen molar-refractivity contribution in [1.29, 1.82) is 0 Å².